The molecule has 5 heteroatoms. The van der Waals surface area contributed by atoms with E-state index in [0.29, 0.717) is 16.5 Å². The van der Waals surface area contributed by atoms with Gasteiger partial charge >= 0.3 is 0 Å². The van der Waals surface area contributed by atoms with Gasteiger partial charge in [-0.2, -0.15) is 0 Å². The number of halogens is 2. The molecule has 2 rings (SSSR count). The van der Waals surface area contributed by atoms with Gasteiger partial charge in [-0.25, -0.2) is 9.37 Å². The molecule has 1 heterocycles. The third kappa shape index (κ3) is 2.91. The number of hydrogen-bond donors (Lipinski definition) is 1. The number of aryl methyl sites for hydroxylation is 1. The summed E-state index contributed by atoms with van der Waals surface area (Å²) in [7, 11) is 0. The predicted octanol–water partition coefficient (Wildman–Crippen LogP) is 3.60. The second-order valence-electron chi connectivity index (χ2n) is 3.80. The Balaban J connectivity index is 2.22. The van der Waals surface area contributed by atoms with Crippen LogP contribution in [0.1, 0.15) is 22.3 Å². The molecule has 90 valence electrons. The standard InChI is InChI=1S/C12H12BrFN2S/c1-7-16-8(6-17-7)5-11(15)12-9(13)3-2-4-10(12)14/h2-4,6,11H,5,15H2,1H3. The molecule has 1 atom stereocenters. The van der Waals surface area contributed by atoms with Crippen molar-refractivity contribution in [1.82, 2.24) is 4.98 Å². The van der Waals surface area contributed by atoms with E-state index in [9.17, 15) is 4.39 Å². The second-order valence-corrected chi connectivity index (χ2v) is 5.72. The highest BCUT2D eigenvalue weighted by Gasteiger charge is 2.16. The van der Waals surface area contributed by atoms with Crippen LogP contribution in [0.4, 0.5) is 4.39 Å². The number of benzene rings is 1. The summed E-state index contributed by atoms with van der Waals surface area (Å²) >= 11 is 4.91. The third-order valence-corrected chi connectivity index (χ3v) is 3.98. The van der Waals surface area contributed by atoms with Crippen LogP contribution in [0.5, 0.6) is 0 Å². The Bertz CT molecular complexity index is 507. The molecule has 0 amide bonds. The Hall–Kier alpha value is -0.780. The zero-order valence-corrected chi connectivity index (χ0v) is 11.7. The minimum atomic E-state index is -0.382. The Kier molecular flexibility index (Phi) is 3.91. The van der Waals surface area contributed by atoms with Crippen LogP contribution in [0, 0.1) is 12.7 Å². The first-order chi connectivity index (χ1) is 8.08. The van der Waals surface area contributed by atoms with Gasteiger partial charge in [-0.15, -0.1) is 11.3 Å². The van der Waals surface area contributed by atoms with Gasteiger partial charge in [-0.3, -0.25) is 0 Å². The Labute approximate surface area is 112 Å². The van der Waals surface area contributed by atoms with Crippen LogP contribution in [-0.4, -0.2) is 4.98 Å². The molecule has 0 bridgehead atoms. The zero-order chi connectivity index (χ0) is 12.4. The molecular weight excluding hydrogens is 303 g/mol. The van der Waals surface area contributed by atoms with E-state index in [1.807, 2.05) is 12.3 Å². The van der Waals surface area contributed by atoms with Crippen LogP contribution in [0.15, 0.2) is 28.1 Å². The van der Waals surface area contributed by atoms with Gasteiger partial charge in [-0.1, -0.05) is 22.0 Å². The van der Waals surface area contributed by atoms with E-state index >= 15 is 0 Å². The Morgan fingerprint density at radius 1 is 1.53 bits per heavy atom. The lowest BCUT2D eigenvalue weighted by Gasteiger charge is -2.13. The molecular formula is C12H12BrFN2S. The number of nitrogens with zero attached hydrogens (tertiary/aromatic N) is 1. The fourth-order valence-corrected chi connectivity index (χ4v) is 2.96. The van der Waals surface area contributed by atoms with Crippen molar-refractivity contribution in [3.63, 3.8) is 0 Å². The summed E-state index contributed by atoms with van der Waals surface area (Å²) in [5.41, 5.74) is 7.46. The van der Waals surface area contributed by atoms with Crippen molar-refractivity contribution in [2.45, 2.75) is 19.4 Å². The average molecular weight is 315 g/mol. The van der Waals surface area contributed by atoms with Gasteiger partial charge in [0.2, 0.25) is 0 Å². The van der Waals surface area contributed by atoms with Gasteiger partial charge < -0.3 is 5.73 Å². The molecule has 0 saturated heterocycles. The van der Waals surface area contributed by atoms with E-state index in [4.69, 9.17) is 5.73 Å². The van der Waals surface area contributed by atoms with Crippen molar-refractivity contribution in [3.8, 4) is 0 Å². The number of hydrogen-bond acceptors (Lipinski definition) is 3. The van der Waals surface area contributed by atoms with Crippen molar-refractivity contribution < 1.29 is 4.39 Å². The minimum absolute atomic E-state index is 0.279. The minimum Gasteiger partial charge on any atom is -0.323 e. The first-order valence-corrected chi connectivity index (χ1v) is 6.85. The largest absolute Gasteiger partial charge is 0.323 e. The van der Waals surface area contributed by atoms with Gasteiger partial charge in [0.25, 0.3) is 0 Å². The molecule has 17 heavy (non-hydrogen) atoms. The van der Waals surface area contributed by atoms with Crippen molar-refractivity contribution in [2.75, 3.05) is 0 Å². The summed E-state index contributed by atoms with van der Waals surface area (Å²) in [5, 5.41) is 2.96. The SMILES string of the molecule is Cc1nc(CC(N)c2c(F)cccc2Br)cs1. The fraction of sp³-hybridized carbons (Fsp3) is 0.250. The smallest absolute Gasteiger partial charge is 0.129 e. The molecule has 2 aromatic rings. The summed E-state index contributed by atoms with van der Waals surface area (Å²) in [6, 6.07) is 4.49. The number of nitrogens with two attached hydrogens (primary N) is 1. The summed E-state index contributed by atoms with van der Waals surface area (Å²) in [4.78, 5) is 4.34. The molecule has 0 saturated carbocycles. The van der Waals surface area contributed by atoms with Crippen LogP contribution in [0.3, 0.4) is 0 Å². The summed E-state index contributed by atoms with van der Waals surface area (Å²) in [5.74, 6) is -0.279. The topological polar surface area (TPSA) is 38.9 Å². The van der Waals surface area contributed by atoms with Crippen LogP contribution in [-0.2, 0) is 6.42 Å². The normalized spacial score (nSPS) is 12.7. The molecule has 2 N–H and O–H groups in total. The maximum absolute atomic E-state index is 13.7. The highest BCUT2D eigenvalue weighted by molar-refractivity contribution is 9.10. The van der Waals surface area contributed by atoms with Crippen molar-refractivity contribution in [3.05, 3.63) is 50.1 Å². The maximum Gasteiger partial charge on any atom is 0.129 e. The molecule has 0 radical (unpaired) electrons. The fourth-order valence-electron chi connectivity index (χ4n) is 1.69. The Morgan fingerprint density at radius 2 is 2.29 bits per heavy atom. The van der Waals surface area contributed by atoms with E-state index in [1.54, 1.807) is 23.5 Å². The van der Waals surface area contributed by atoms with Gasteiger partial charge in [0.15, 0.2) is 0 Å². The second kappa shape index (κ2) is 5.25. The molecule has 0 aliphatic carbocycles. The highest BCUT2D eigenvalue weighted by atomic mass is 79.9. The third-order valence-electron chi connectivity index (χ3n) is 2.47. The van der Waals surface area contributed by atoms with Crippen LogP contribution >= 0.6 is 27.3 Å². The maximum atomic E-state index is 13.7. The molecule has 0 spiro atoms. The van der Waals surface area contributed by atoms with Gasteiger partial charge in [0.1, 0.15) is 5.82 Å². The highest BCUT2D eigenvalue weighted by Crippen LogP contribution is 2.27. The number of aromatic nitrogens is 1. The zero-order valence-electron chi connectivity index (χ0n) is 9.28. The first kappa shape index (κ1) is 12.7. The van der Waals surface area contributed by atoms with E-state index in [-0.39, 0.29) is 11.9 Å². The first-order valence-electron chi connectivity index (χ1n) is 5.18. The monoisotopic (exact) mass is 314 g/mol. The summed E-state index contributed by atoms with van der Waals surface area (Å²) in [6.07, 6.45) is 0.546. The van der Waals surface area contributed by atoms with E-state index < -0.39 is 0 Å². The van der Waals surface area contributed by atoms with Crippen LogP contribution in [0.25, 0.3) is 0 Å². The van der Waals surface area contributed by atoms with Gasteiger partial charge in [-0.05, 0) is 19.1 Å². The van der Waals surface area contributed by atoms with E-state index in [2.05, 4.69) is 20.9 Å². The lowest BCUT2D eigenvalue weighted by molar-refractivity contribution is 0.576. The van der Waals surface area contributed by atoms with Crippen molar-refractivity contribution >= 4 is 27.3 Å². The molecule has 0 aliphatic rings. The summed E-state index contributed by atoms with van der Waals surface area (Å²) in [6.45, 7) is 1.94. The predicted molar refractivity (Wildman–Crippen MR) is 71.6 cm³/mol. The molecule has 1 unspecified atom stereocenters. The molecule has 0 aliphatic heterocycles. The lowest BCUT2D eigenvalue weighted by Crippen LogP contribution is -2.16. The van der Waals surface area contributed by atoms with Crippen LogP contribution < -0.4 is 5.73 Å². The van der Waals surface area contributed by atoms with E-state index in [0.717, 1.165) is 10.7 Å². The Morgan fingerprint density at radius 3 is 2.88 bits per heavy atom. The lowest BCUT2D eigenvalue weighted by atomic mass is 10.0. The average Bonchev–Trinajstić information content (AvgIpc) is 2.63. The van der Waals surface area contributed by atoms with Crippen LogP contribution in [0.2, 0.25) is 0 Å². The van der Waals surface area contributed by atoms with Crippen molar-refractivity contribution in [2.24, 2.45) is 5.73 Å². The molecule has 2 nitrogen and oxygen atoms in total. The molecule has 0 fully saturated rings. The molecule has 1 aromatic carbocycles. The number of rotatable bonds is 3. The number of thiazole rings is 1. The molecule has 1 aromatic heterocycles. The van der Waals surface area contributed by atoms with E-state index in [1.165, 1.54) is 6.07 Å². The van der Waals surface area contributed by atoms with Crippen molar-refractivity contribution in [1.29, 1.82) is 0 Å². The quantitative estimate of drug-likeness (QED) is 0.940. The van der Waals surface area contributed by atoms with Gasteiger partial charge in [0.05, 0.1) is 10.7 Å². The van der Waals surface area contributed by atoms with Gasteiger partial charge in [0, 0.05) is 27.9 Å². The summed E-state index contributed by atoms with van der Waals surface area (Å²) < 4.78 is 14.4.